The van der Waals surface area contributed by atoms with Crippen molar-refractivity contribution in [2.24, 2.45) is 4.99 Å². The summed E-state index contributed by atoms with van der Waals surface area (Å²) in [6.07, 6.45) is 2.64. The van der Waals surface area contributed by atoms with E-state index in [0.717, 1.165) is 0 Å². The van der Waals surface area contributed by atoms with Gasteiger partial charge in [0, 0.05) is 7.05 Å². The van der Waals surface area contributed by atoms with Gasteiger partial charge in [-0.3, -0.25) is 0 Å². The van der Waals surface area contributed by atoms with Crippen LogP contribution in [0.25, 0.3) is 0 Å². The van der Waals surface area contributed by atoms with E-state index in [1.807, 2.05) is 7.05 Å². The van der Waals surface area contributed by atoms with Gasteiger partial charge < -0.3 is 4.90 Å². The second-order valence-electron chi connectivity index (χ2n) is 1.36. The fourth-order valence-corrected chi connectivity index (χ4v) is 0.610. The molecule has 7 heavy (non-hydrogen) atoms. The minimum Gasteiger partial charge on any atom is -0.348 e. The van der Waals surface area contributed by atoms with Crippen molar-refractivity contribution >= 4 is 17.9 Å². The van der Waals surface area contributed by atoms with Gasteiger partial charge in [0.1, 0.15) is 5.50 Å². The highest BCUT2D eigenvalue weighted by atomic mass is 35.5. The number of likely N-dealkylation sites (N-methyl/N-ethyl adjacent to an activating group) is 1. The molecule has 0 aromatic carbocycles. The van der Waals surface area contributed by atoms with Gasteiger partial charge in [-0.1, -0.05) is 11.6 Å². The molecular weight excluding hydrogens is 112 g/mol. The van der Waals surface area contributed by atoms with Crippen LogP contribution >= 0.6 is 11.6 Å². The maximum Gasteiger partial charge on any atom is 0.168 e. The van der Waals surface area contributed by atoms with Crippen molar-refractivity contribution in [1.29, 1.82) is 0 Å². The van der Waals surface area contributed by atoms with E-state index in [2.05, 4.69) is 11.3 Å². The summed E-state index contributed by atoms with van der Waals surface area (Å²) in [4.78, 5) is 5.41. The Morgan fingerprint density at radius 3 is 2.86 bits per heavy atom. The molecule has 1 atom stereocenters. The summed E-state index contributed by atoms with van der Waals surface area (Å²) >= 11 is 5.48. The molecule has 0 N–H and O–H groups in total. The van der Waals surface area contributed by atoms with Crippen LogP contribution in [0.2, 0.25) is 0 Å². The van der Waals surface area contributed by atoms with Crippen molar-refractivity contribution in [2.45, 2.75) is 5.50 Å². The lowest BCUT2D eigenvalue weighted by Gasteiger charge is -2.00. The summed E-state index contributed by atoms with van der Waals surface area (Å²) in [5, 5.41) is 0. The SMILES string of the molecule is CN1[C]=NC(Cl)[CH]1. The van der Waals surface area contributed by atoms with Crippen LogP contribution in [0.3, 0.4) is 0 Å². The minimum absolute atomic E-state index is 0.190. The number of aliphatic imine (C=N–C) groups is 1. The Morgan fingerprint density at radius 1 is 2.00 bits per heavy atom. The lowest BCUT2D eigenvalue weighted by atomic mass is 10.6. The fraction of sp³-hybridized carbons (Fsp3) is 0.500. The molecule has 0 saturated carbocycles. The zero-order chi connectivity index (χ0) is 5.28. The molecule has 0 fully saturated rings. The monoisotopic (exact) mass is 116 g/mol. The van der Waals surface area contributed by atoms with Crippen molar-refractivity contribution in [3.8, 4) is 0 Å². The van der Waals surface area contributed by atoms with Gasteiger partial charge in [-0.25, -0.2) is 4.99 Å². The number of rotatable bonds is 0. The smallest absolute Gasteiger partial charge is 0.168 e. The molecule has 0 spiro atoms. The third kappa shape index (κ3) is 1.06. The third-order valence-electron chi connectivity index (χ3n) is 0.685. The number of hydrogen-bond donors (Lipinski definition) is 0. The summed E-state index contributed by atoms with van der Waals surface area (Å²) in [5.74, 6) is 0. The maximum absolute atomic E-state index is 5.48. The predicted molar refractivity (Wildman–Crippen MR) is 29.1 cm³/mol. The summed E-state index contributed by atoms with van der Waals surface area (Å²) in [5.41, 5.74) is -0.190. The van der Waals surface area contributed by atoms with E-state index in [-0.39, 0.29) is 5.50 Å². The van der Waals surface area contributed by atoms with E-state index < -0.39 is 0 Å². The lowest BCUT2D eigenvalue weighted by Crippen LogP contribution is -2.08. The Labute approximate surface area is 47.8 Å². The Bertz CT molecular complexity index is 81.7. The Balaban J connectivity index is 2.42. The average Bonchev–Trinajstić information content (AvgIpc) is 1.87. The normalized spacial score (nSPS) is 29.4. The number of halogens is 1. The van der Waals surface area contributed by atoms with Crippen LogP contribution < -0.4 is 0 Å². The zero-order valence-electron chi connectivity index (χ0n) is 3.93. The van der Waals surface area contributed by atoms with Crippen LogP contribution in [0.4, 0.5) is 0 Å². The summed E-state index contributed by atoms with van der Waals surface area (Å²) < 4.78 is 0. The molecule has 0 bridgehead atoms. The van der Waals surface area contributed by atoms with Gasteiger partial charge in [-0.2, -0.15) is 0 Å². The van der Waals surface area contributed by atoms with E-state index in [1.165, 1.54) is 0 Å². The van der Waals surface area contributed by atoms with Crippen molar-refractivity contribution in [2.75, 3.05) is 7.05 Å². The van der Waals surface area contributed by atoms with E-state index in [4.69, 9.17) is 11.6 Å². The molecule has 3 heteroatoms. The van der Waals surface area contributed by atoms with Crippen molar-refractivity contribution in [3.05, 3.63) is 6.54 Å². The van der Waals surface area contributed by atoms with Gasteiger partial charge in [0.15, 0.2) is 6.34 Å². The van der Waals surface area contributed by atoms with Gasteiger partial charge in [-0.05, 0) is 0 Å². The predicted octanol–water partition coefficient (Wildman–Crippen LogP) is 0.564. The standard InChI is InChI=1S/C4H5ClN2/c1-7-2-4(5)6-3-7/h2,4H,1H3. The van der Waals surface area contributed by atoms with Gasteiger partial charge in [0.25, 0.3) is 0 Å². The zero-order valence-corrected chi connectivity index (χ0v) is 4.68. The van der Waals surface area contributed by atoms with Crippen LogP contribution in [-0.2, 0) is 0 Å². The molecule has 0 saturated heterocycles. The van der Waals surface area contributed by atoms with Crippen LogP contribution in [0.1, 0.15) is 0 Å². The lowest BCUT2D eigenvalue weighted by molar-refractivity contribution is 0.645. The third-order valence-corrected chi connectivity index (χ3v) is 0.896. The van der Waals surface area contributed by atoms with Crippen molar-refractivity contribution < 1.29 is 0 Å². The van der Waals surface area contributed by atoms with Crippen LogP contribution in [0.5, 0.6) is 0 Å². The molecule has 1 heterocycles. The number of hydrogen-bond acceptors (Lipinski definition) is 2. The van der Waals surface area contributed by atoms with Crippen LogP contribution in [-0.4, -0.2) is 23.8 Å². The molecule has 1 aliphatic heterocycles. The van der Waals surface area contributed by atoms with Crippen molar-refractivity contribution in [1.82, 2.24) is 4.90 Å². The molecular formula is C4H5ClN2. The molecule has 38 valence electrons. The number of alkyl halides is 1. The summed E-state index contributed by atoms with van der Waals surface area (Å²) in [7, 11) is 1.84. The highest BCUT2D eigenvalue weighted by Crippen LogP contribution is 2.08. The molecule has 1 unspecified atom stereocenters. The highest BCUT2D eigenvalue weighted by Gasteiger charge is 2.10. The largest absolute Gasteiger partial charge is 0.348 e. The van der Waals surface area contributed by atoms with E-state index in [0.29, 0.717) is 0 Å². The van der Waals surface area contributed by atoms with Gasteiger partial charge in [0.2, 0.25) is 0 Å². The molecule has 2 radical (unpaired) electrons. The number of nitrogens with zero attached hydrogens (tertiary/aromatic N) is 2. The van der Waals surface area contributed by atoms with Crippen LogP contribution in [0, 0.1) is 6.54 Å². The Morgan fingerprint density at radius 2 is 2.71 bits per heavy atom. The minimum atomic E-state index is -0.190. The first-order valence-electron chi connectivity index (χ1n) is 1.96. The quantitative estimate of drug-likeness (QED) is 0.334. The molecule has 2 nitrogen and oxygen atoms in total. The first kappa shape index (κ1) is 4.91. The van der Waals surface area contributed by atoms with Gasteiger partial charge >= 0.3 is 0 Å². The summed E-state index contributed by atoms with van der Waals surface area (Å²) in [6, 6.07) is 0. The Hall–Kier alpha value is -0.240. The van der Waals surface area contributed by atoms with E-state index >= 15 is 0 Å². The average molecular weight is 117 g/mol. The Kier molecular flexibility index (Phi) is 1.19. The van der Waals surface area contributed by atoms with Crippen molar-refractivity contribution in [3.63, 3.8) is 0 Å². The van der Waals surface area contributed by atoms with E-state index in [1.54, 1.807) is 11.4 Å². The first-order valence-corrected chi connectivity index (χ1v) is 2.40. The summed E-state index contributed by atoms with van der Waals surface area (Å²) in [6.45, 7) is 1.77. The maximum atomic E-state index is 5.48. The van der Waals surface area contributed by atoms with Crippen LogP contribution in [0.15, 0.2) is 4.99 Å². The molecule has 0 aromatic heterocycles. The second-order valence-corrected chi connectivity index (χ2v) is 1.81. The second kappa shape index (κ2) is 1.70. The highest BCUT2D eigenvalue weighted by molar-refractivity contribution is 6.22. The molecule has 0 amide bonds. The molecule has 1 aliphatic rings. The van der Waals surface area contributed by atoms with Gasteiger partial charge in [0.05, 0.1) is 6.54 Å². The molecule has 0 aliphatic carbocycles. The topological polar surface area (TPSA) is 15.6 Å². The molecule has 0 aromatic rings. The van der Waals surface area contributed by atoms with E-state index in [9.17, 15) is 0 Å². The van der Waals surface area contributed by atoms with Gasteiger partial charge in [-0.15, -0.1) is 0 Å². The molecule has 1 rings (SSSR count). The fourth-order valence-electron chi connectivity index (χ4n) is 0.397. The first-order chi connectivity index (χ1) is 3.29.